The SMILES string of the molecule is COc1ccc([C@@H]2Nc3ccc4ccccc4c3C3=C2C(=O)CC(C)(C)C3)cc1Br. The molecule has 0 radical (unpaired) electrons. The molecule has 4 heteroatoms. The number of allylic oxidation sites excluding steroid dienone is 1. The standard InChI is InChI=1S/C26H24BrNO2/c1-26(2)13-18-23-17-7-5-4-6-15(17)8-10-20(23)28-25(24(18)21(29)14-26)16-9-11-22(30-3)19(27)12-16/h4-12,25,28H,13-14H2,1-3H3/t25-/m0/s1. The summed E-state index contributed by atoms with van der Waals surface area (Å²) in [7, 11) is 1.66. The van der Waals surface area contributed by atoms with Crippen LogP contribution in [0.1, 0.15) is 43.9 Å². The lowest BCUT2D eigenvalue weighted by molar-refractivity contribution is -0.118. The van der Waals surface area contributed by atoms with Crippen molar-refractivity contribution in [3.63, 3.8) is 0 Å². The lowest BCUT2D eigenvalue weighted by Gasteiger charge is -2.40. The Morgan fingerprint density at radius 3 is 2.63 bits per heavy atom. The predicted octanol–water partition coefficient (Wildman–Crippen LogP) is 6.92. The summed E-state index contributed by atoms with van der Waals surface area (Å²) >= 11 is 3.61. The van der Waals surface area contributed by atoms with Gasteiger partial charge in [0.25, 0.3) is 0 Å². The molecule has 1 aliphatic heterocycles. The Morgan fingerprint density at radius 2 is 1.87 bits per heavy atom. The molecule has 1 N–H and O–H groups in total. The van der Waals surface area contributed by atoms with Gasteiger partial charge in [0.15, 0.2) is 5.78 Å². The molecule has 1 heterocycles. The molecule has 0 bridgehead atoms. The van der Waals surface area contributed by atoms with Crippen LogP contribution in [-0.2, 0) is 4.79 Å². The number of ether oxygens (including phenoxy) is 1. The van der Waals surface area contributed by atoms with Gasteiger partial charge in [-0.05, 0) is 67.9 Å². The fourth-order valence-corrected chi connectivity index (χ4v) is 5.51. The normalized spacial score (nSPS) is 19.9. The van der Waals surface area contributed by atoms with Crippen molar-refractivity contribution >= 4 is 43.7 Å². The Hall–Kier alpha value is -2.59. The summed E-state index contributed by atoms with van der Waals surface area (Å²) in [5.74, 6) is 1.02. The van der Waals surface area contributed by atoms with Gasteiger partial charge in [-0.2, -0.15) is 0 Å². The second kappa shape index (κ2) is 6.98. The summed E-state index contributed by atoms with van der Waals surface area (Å²) in [6.45, 7) is 4.39. The number of carbonyl (C=O) groups is 1. The second-order valence-electron chi connectivity index (χ2n) is 9.01. The van der Waals surface area contributed by atoms with E-state index in [4.69, 9.17) is 4.74 Å². The van der Waals surface area contributed by atoms with Crippen molar-refractivity contribution in [3.05, 3.63) is 75.8 Å². The molecule has 30 heavy (non-hydrogen) atoms. The zero-order valence-electron chi connectivity index (χ0n) is 17.4. The first-order chi connectivity index (χ1) is 14.4. The number of benzene rings is 3. The fraction of sp³-hybridized carbons (Fsp3) is 0.269. The van der Waals surface area contributed by atoms with Crippen molar-refractivity contribution in [1.82, 2.24) is 0 Å². The van der Waals surface area contributed by atoms with Crippen LogP contribution in [0.25, 0.3) is 16.3 Å². The van der Waals surface area contributed by atoms with Crippen molar-refractivity contribution in [2.75, 3.05) is 12.4 Å². The predicted molar refractivity (Wildman–Crippen MR) is 126 cm³/mol. The molecule has 3 aromatic carbocycles. The van der Waals surface area contributed by atoms with Crippen LogP contribution in [0.15, 0.2) is 64.6 Å². The molecule has 0 amide bonds. The van der Waals surface area contributed by atoms with Gasteiger partial charge < -0.3 is 10.1 Å². The van der Waals surface area contributed by atoms with Crippen LogP contribution in [0.5, 0.6) is 5.75 Å². The van der Waals surface area contributed by atoms with E-state index in [-0.39, 0.29) is 17.2 Å². The molecule has 0 unspecified atom stereocenters. The summed E-state index contributed by atoms with van der Waals surface area (Å²) < 4.78 is 6.29. The fourth-order valence-electron chi connectivity index (χ4n) is 4.95. The molecule has 0 saturated heterocycles. The lowest BCUT2D eigenvalue weighted by Crippen LogP contribution is -2.33. The van der Waals surface area contributed by atoms with Crippen LogP contribution in [0, 0.1) is 5.41 Å². The van der Waals surface area contributed by atoms with Gasteiger partial charge in [0, 0.05) is 23.2 Å². The van der Waals surface area contributed by atoms with E-state index in [2.05, 4.69) is 77.6 Å². The third kappa shape index (κ3) is 3.05. The summed E-state index contributed by atoms with van der Waals surface area (Å²) in [4.78, 5) is 13.4. The highest BCUT2D eigenvalue weighted by Gasteiger charge is 2.40. The average molecular weight is 462 g/mol. The highest BCUT2D eigenvalue weighted by Crippen LogP contribution is 2.52. The van der Waals surface area contributed by atoms with E-state index in [0.717, 1.165) is 33.5 Å². The van der Waals surface area contributed by atoms with Crippen LogP contribution in [0.4, 0.5) is 5.69 Å². The van der Waals surface area contributed by atoms with E-state index in [1.807, 2.05) is 12.1 Å². The van der Waals surface area contributed by atoms with Crippen LogP contribution in [0.3, 0.4) is 0 Å². The van der Waals surface area contributed by atoms with Crippen LogP contribution < -0.4 is 10.1 Å². The number of fused-ring (bicyclic) bond motifs is 4. The quantitative estimate of drug-likeness (QED) is 0.449. The van der Waals surface area contributed by atoms with E-state index < -0.39 is 0 Å². The molecule has 1 atom stereocenters. The van der Waals surface area contributed by atoms with Gasteiger partial charge in [0.1, 0.15) is 5.75 Å². The summed E-state index contributed by atoms with van der Waals surface area (Å²) in [5, 5.41) is 6.09. The van der Waals surface area contributed by atoms with E-state index in [0.29, 0.717) is 6.42 Å². The largest absolute Gasteiger partial charge is 0.496 e. The Balaban J connectivity index is 1.77. The monoisotopic (exact) mass is 461 g/mol. The molecular weight excluding hydrogens is 438 g/mol. The highest BCUT2D eigenvalue weighted by molar-refractivity contribution is 9.10. The molecule has 0 fully saturated rings. The minimum atomic E-state index is -0.167. The highest BCUT2D eigenvalue weighted by atomic mass is 79.9. The van der Waals surface area contributed by atoms with Gasteiger partial charge in [-0.1, -0.05) is 50.2 Å². The van der Waals surface area contributed by atoms with Gasteiger partial charge in [-0.3, -0.25) is 4.79 Å². The zero-order valence-corrected chi connectivity index (χ0v) is 19.0. The molecule has 0 spiro atoms. The number of Topliss-reactive ketones (excluding diaryl/α,β-unsaturated/α-hetero) is 1. The van der Waals surface area contributed by atoms with E-state index in [1.54, 1.807) is 7.11 Å². The van der Waals surface area contributed by atoms with Crippen LogP contribution >= 0.6 is 15.9 Å². The van der Waals surface area contributed by atoms with Gasteiger partial charge in [-0.25, -0.2) is 0 Å². The Kier molecular flexibility index (Phi) is 4.51. The first-order valence-electron chi connectivity index (χ1n) is 10.3. The van der Waals surface area contributed by atoms with Crippen molar-refractivity contribution in [2.45, 2.75) is 32.7 Å². The molecule has 1 aliphatic carbocycles. The minimum absolute atomic E-state index is 0.0491. The topological polar surface area (TPSA) is 38.3 Å². The Bertz CT molecular complexity index is 1220. The van der Waals surface area contributed by atoms with Crippen molar-refractivity contribution < 1.29 is 9.53 Å². The summed E-state index contributed by atoms with van der Waals surface area (Å²) in [6.07, 6.45) is 1.46. The molecule has 3 aromatic rings. The van der Waals surface area contributed by atoms with Gasteiger partial charge in [0.2, 0.25) is 0 Å². The molecular formula is C26H24BrNO2. The molecule has 152 valence electrons. The zero-order chi connectivity index (χ0) is 21.0. The number of halogens is 1. The Morgan fingerprint density at radius 1 is 1.07 bits per heavy atom. The Labute approximate surface area is 185 Å². The smallest absolute Gasteiger partial charge is 0.162 e. The molecule has 0 saturated carbocycles. The van der Waals surface area contributed by atoms with E-state index in [1.165, 1.54) is 21.9 Å². The van der Waals surface area contributed by atoms with Crippen LogP contribution in [-0.4, -0.2) is 12.9 Å². The van der Waals surface area contributed by atoms with Gasteiger partial charge in [-0.15, -0.1) is 0 Å². The van der Waals surface area contributed by atoms with Crippen molar-refractivity contribution in [1.29, 1.82) is 0 Å². The lowest BCUT2D eigenvalue weighted by atomic mass is 9.68. The number of hydrogen-bond acceptors (Lipinski definition) is 3. The third-order valence-electron chi connectivity index (χ3n) is 6.25. The van der Waals surface area contributed by atoms with Crippen molar-refractivity contribution in [3.8, 4) is 5.75 Å². The summed E-state index contributed by atoms with van der Waals surface area (Å²) in [6, 6.07) is 18.6. The number of methoxy groups -OCH3 is 1. The maximum atomic E-state index is 13.4. The number of carbonyl (C=O) groups excluding carboxylic acids is 1. The molecule has 5 rings (SSSR count). The number of rotatable bonds is 2. The summed E-state index contributed by atoms with van der Waals surface area (Å²) in [5.41, 5.74) is 5.39. The number of anilines is 1. The molecule has 0 aromatic heterocycles. The van der Waals surface area contributed by atoms with E-state index in [9.17, 15) is 4.79 Å². The number of nitrogens with one attached hydrogen (secondary N) is 1. The molecule has 3 nitrogen and oxygen atoms in total. The first-order valence-corrected chi connectivity index (χ1v) is 11.1. The van der Waals surface area contributed by atoms with Gasteiger partial charge in [0.05, 0.1) is 17.6 Å². The van der Waals surface area contributed by atoms with Gasteiger partial charge >= 0.3 is 0 Å². The second-order valence-corrected chi connectivity index (χ2v) is 9.87. The van der Waals surface area contributed by atoms with Crippen LogP contribution in [0.2, 0.25) is 0 Å². The molecule has 2 aliphatic rings. The van der Waals surface area contributed by atoms with E-state index >= 15 is 0 Å². The maximum absolute atomic E-state index is 13.4. The minimum Gasteiger partial charge on any atom is -0.496 e. The first kappa shape index (κ1) is 19.4. The third-order valence-corrected chi connectivity index (χ3v) is 6.87. The number of ketones is 1. The number of hydrogen-bond donors (Lipinski definition) is 1. The average Bonchev–Trinajstić information content (AvgIpc) is 2.71. The maximum Gasteiger partial charge on any atom is 0.162 e. The van der Waals surface area contributed by atoms with Crippen molar-refractivity contribution in [2.24, 2.45) is 5.41 Å².